The van der Waals surface area contributed by atoms with Crippen LogP contribution >= 0.6 is 12.4 Å². The standard InChI is InChI=1S/C13H23N5O.ClH/c1-2-6-10-9-11(19)16-13(15-10)17-12(14)18-7-4-3-5-8-18;/h10H,2-9H2,1H3,(H3,14,15,16,17,19);1H. The quantitative estimate of drug-likeness (QED) is 0.533. The third-order valence-corrected chi connectivity index (χ3v) is 3.54. The molecule has 1 unspecified atom stereocenters. The van der Waals surface area contributed by atoms with E-state index < -0.39 is 0 Å². The minimum Gasteiger partial charge on any atom is -0.352 e. The molecular formula is C13H24ClN5O. The molecule has 114 valence electrons. The molecule has 0 spiro atoms. The molecule has 1 saturated heterocycles. The smallest absolute Gasteiger partial charge is 0.250 e. The van der Waals surface area contributed by atoms with E-state index in [4.69, 9.17) is 5.41 Å². The van der Waals surface area contributed by atoms with Crippen LogP contribution in [-0.2, 0) is 4.79 Å². The predicted octanol–water partition coefficient (Wildman–Crippen LogP) is 1.46. The van der Waals surface area contributed by atoms with Crippen molar-refractivity contribution in [2.75, 3.05) is 13.1 Å². The van der Waals surface area contributed by atoms with Crippen molar-refractivity contribution in [2.45, 2.75) is 51.5 Å². The summed E-state index contributed by atoms with van der Waals surface area (Å²) in [5.74, 6) is 0.673. The van der Waals surface area contributed by atoms with Crippen molar-refractivity contribution in [1.29, 1.82) is 5.41 Å². The first kappa shape index (κ1) is 16.8. The Labute approximate surface area is 126 Å². The van der Waals surface area contributed by atoms with Gasteiger partial charge >= 0.3 is 0 Å². The van der Waals surface area contributed by atoms with Crippen molar-refractivity contribution >= 4 is 30.2 Å². The Morgan fingerprint density at radius 1 is 1.45 bits per heavy atom. The molecule has 2 aliphatic heterocycles. The highest BCUT2D eigenvalue weighted by atomic mass is 35.5. The molecule has 6 nitrogen and oxygen atoms in total. The van der Waals surface area contributed by atoms with Gasteiger partial charge in [0.25, 0.3) is 5.91 Å². The van der Waals surface area contributed by atoms with E-state index in [-0.39, 0.29) is 24.4 Å². The summed E-state index contributed by atoms with van der Waals surface area (Å²) < 4.78 is 0. The fourth-order valence-electron chi connectivity index (χ4n) is 2.55. The van der Waals surface area contributed by atoms with E-state index in [1.54, 1.807) is 0 Å². The van der Waals surface area contributed by atoms with Crippen LogP contribution in [0.25, 0.3) is 0 Å². The molecule has 7 heteroatoms. The summed E-state index contributed by atoms with van der Waals surface area (Å²) in [4.78, 5) is 17.5. The van der Waals surface area contributed by atoms with Crippen LogP contribution in [0.15, 0.2) is 4.99 Å². The highest BCUT2D eigenvalue weighted by Gasteiger charge is 2.22. The molecule has 0 aliphatic carbocycles. The predicted molar refractivity (Wildman–Crippen MR) is 82.4 cm³/mol. The van der Waals surface area contributed by atoms with Crippen LogP contribution in [0.3, 0.4) is 0 Å². The molecule has 2 rings (SSSR count). The van der Waals surface area contributed by atoms with Crippen LogP contribution in [0.2, 0.25) is 0 Å². The fourth-order valence-corrected chi connectivity index (χ4v) is 2.55. The number of aliphatic imine (C=N–C) groups is 1. The first-order chi connectivity index (χ1) is 9.19. The number of nitrogens with one attached hydrogen (secondary N) is 3. The van der Waals surface area contributed by atoms with Gasteiger partial charge in [-0.3, -0.25) is 15.5 Å². The number of rotatable bonds is 2. The van der Waals surface area contributed by atoms with E-state index in [2.05, 4.69) is 22.5 Å². The summed E-state index contributed by atoms with van der Waals surface area (Å²) in [6.07, 6.45) is 5.92. The van der Waals surface area contributed by atoms with E-state index in [0.29, 0.717) is 18.3 Å². The van der Waals surface area contributed by atoms with Gasteiger partial charge in [-0.2, -0.15) is 4.99 Å². The van der Waals surface area contributed by atoms with Gasteiger partial charge in [-0.15, -0.1) is 12.4 Å². The largest absolute Gasteiger partial charge is 0.352 e. The molecule has 0 radical (unpaired) electrons. The topological polar surface area (TPSA) is 80.6 Å². The van der Waals surface area contributed by atoms with Crippen LogP contribution in [0.5, 0.6) is 0 Å². The van der Waals surface area contributed by atoms with Gasteiger partial charge in [-0.25, -0.2) is 0 Å². The van der Waals surface area contributed by atoms with E-state index in [9.17, 15) is 4.79 Å². The first-order valence-corrected chi connectivity index (χ1v) is 7.17. The number of hydrogen-bond donors (Lipinski definition) is 3. The van der Waals surface area contributed by atoms with Gasteiger partial charge in [0.15, 0.2) is 5.96 Å². The van der Waals surface area contributed by atoms with Gasteiger partial charge in [-0.1, -0.05) is 13.3 Å². The lowest BCUT2D eigenvalue weighted by Gasteiger charge is -2.31. The Morgan fingerprint density at radius 3 is 2.80 bits per heavy atom. The number of hydrogen-bond acceptors (Lipinski definition) is 3. The second-order valence-electron chi connectivity index (χ2n) is 5.21. The minimum absolute atomic E-state index is 0. The zero-order valence-corrected chi connectivity index (χ0v) is 12.8. The van der Waals surface area contributed by atoms with Gasteiger partial charge in [0.05, 0.1) is 0 Å². The van der Waals surface area contributed by atoms with E-state index in [1.165, 1.54) is 6.42 Å². The molecule has 0 aromatic heterocycles. The van der Waals surface area contributed by atoms with Gasteiger partial charge in [0.2, 0.25) is 5.96 Å². The molecule has 1 amide bonds. The zero-order chi connectivity index (χ0) is 13.7. The highest BCUT2D eigenvalue weighted by molar-refractivity contribution is 6.03. The van der Waals surface area contributed by atoms with Crippen LogP contribution in [0.1, 0.15) is 45.4 Å². The molecule has 2 aliphatic rings. The van der Waals surface area contributed by atoms with Gasteiger partial charge < -0.3 is 10.2 Å². The van der Waals surface area contributed by atoms with Crippen molar-refractivity contribution in [1.82, 2.24) is 15.5 Å². The van der Waals surface area contributed by atoms with Gasteiger partial charge in [0, 0.05) is 25.6 Å². The maximum absolute atomic E-state index is 11.6. The third kappa shape index (κ3) is 4.67. The van der Waals surface area contributed by atoms with E-state index in [0.717, 1.165) is 38.8 Å². The van der Waals surface area contributed by atoms with Crippen LogP contribution in [-0.4, -0.2) is 41.9 Å². The second kappa shape index (κ2) is 8.09. The summed E-state index contributed by atoms with van der Waals surface area (Å²) in [5, 5.41) is 14.2. The average Bonchev–Trinajstić information content (AvgIpc) is 2.39. The molecule has 1 fully saturated rings. The Kier molecular flexibility index (Phi) is 6.78. The minimum atomic E-state index is -0.105. The Morgan fingerprint density at radius 2 is 2.15 bits per heavy atom. The summed E-state index contributed by atoms with van der Waals surface area (Å²) in [6, 6.07) is 0.145. The number of amides is 1. The number of piperidine rings is 1. The number of carbonyl (C=O) groups excluding carboxylic acids is 1. The van der Waals surface area contributed by atoms with Gasteiger partial charge in [-0.05, 0) is 25.7 Å². The summed E-state index contributed by atoms with van der Waals surface area (Å²) >= 11 is 0. The number of carbonyl (C=O) groups is 1. The molecule has 2 heterocycles. The molecule has 3 N–H and O–H groups in total. The average molecular weight is 302 g/mol. The number of nitrogens with zero attached hydrogens (tertiary/aromatic N) is 2. The maximum Gasteiger partial charge on any atom is 0.250 e. The Balaban J connectivity index is 0.00000200. The zero-order valence-electron chi connectivity index (χ0n) is 11.9. The number of guanidine groups is 2. The third-order valence-electron chi connectivity index (χ3n) is 3.54. The molecule has 0 aromatic carbocycles. The lowest BCUT2D eigenvalue weighted by atomic mass is 10.1. The normalized spacial score (nSPS) is 22.4. The Bertz CT molecular complexity index is 379. The van der Waals surface area contributed by atoms with Crippen LogP contribution in [0.4, 0.5) is 0 Å². The van der Waals surface area contributed by atoms with Crippen molar-refractivity contribution in [3.63, 3.8) is 0 Å². The lowest BCUT2D eigenvalue weighted by molar-refractivity contribution is -0.118. The summed E-state index contributed by atoms with van der Waals surface area (Å²) in [7, 11) is 0. The van der Waals surface area contributed by atoms with Crippen LogP contribution in [0, 0.1) is 5.41 Å². The van der Waals surface area contributed by atoms with Crippen molar-refractivity contribution in [2.24, 2.45) is 4.99 Å². The van der Waals surface area contributed by atoms with Crippen molar-refractivity contribution < 1.29 is 4.79 Å². The van der Waals surface area contributed by atoms with E-state index in [1.807, 2.05) is 4.90 Å². The van der Waals surface area contributed by atoms with E-state index >= 15 is 0 Å². The molecule has 0 aromatic rings. The summed E-state index contributed by atoms with van der Waals surface area (Å²) in [5.41, 5.74) is 0. The highest BCUT2D eigenvalue weighted by Crippen LogP contribution is 2.09. The molecule has 1 atom stereocenters. The lowest BCUT2D eigenvalue weighted by Crippen LogP contribution is -2.54. The van der Waals surface area contributed by atoms with Gasteiger partial charge in [0.1, 0.15) is 0 Å². The molecule has 0 saturated carbocycles. The number of halogens is 1. The number of likely N-dealkylation sites (tertiary alicyclic amines) is 1. The van der Waals surface area contributed by atoms with Crippen LogP contribution < -0.4 is 10.6 Å². The summed E-state index contributed by atoms with van der Waals surface area (Å²) in [6.45, 7) is 3.91. The first-order valence-electron chi connectivity index (χ1n) is 7.17. The van der Waals surface area contributed by atoms with Crippen molar-refractivity contribution in [3.8, 4) is 0 Å². The Hall–Kier alpha value is -1.30. The molecule has 0 bridgehead atoms. The fraction of sp³-hybridized carbons (Fsp3) is 0.769. The molecule has 20 heavy (non-hydrogen) atoms. The second-order valence-corrected chi connectivity index (χ2v) is 5.21. The monoisotopic (exact) mass is 301 g/mol. The molecular weight excluding hydrogens is 278 g/mol. The maximum atomic E-state index is 11.6. The van der Waals surface area contributed by atoms with Crippen molar-refractivity contribution in [3.05, 3.63) is 0 Å². The SMILES string of the molecule is CCCC1CC(=O)N=C(NC(=N)N2CCCCC2)N1.Cl.